The van der Waals surface area contributed by atoms with Crippen molar-refractivity contribution < 1.29 is 31.5 Å². The lowest BCUT2D eigenvalue weighted by Gasteiger charge is -2.29. The first-order valence-electron chi connectivity index (χ1n) is 7.12. The van der Waals surface area contributed by atoms with Crippen LogP contribution in [0.3, 0.4) is 0 Å². The summed E-state index contributed by atoms with van der Waals surface area (Å²) in [7, 11) is -3.60. The van der Waals surface area contributed by atoms with E-state index in [0.29, 0.717) is 9.32 Å². The first kappa shape index (κ1) is 22.0. The summed E-state index contributed by atoms with van der Waals surface area (Å²) in [5, 5.41) is -4.07. The van der Waals surface area contributed by atoms with Gasteiger partial charge < -0.3 is 9.47 Å². The van der Waals surface area contributed by atoms with Crippen molar-refractivity contribution in [3.63, 3.8) is 0 Å². The highest BCUT2D eigenvalue weighted by Crippen LogP contribution is 2.28. The molecule has 1 N–H and O–H groups in total. The number of sulfonamides is 1. The predicted molar refractivity (Wildman–Crippen MR) is 97.0 cm³/mol. The largest absolute Gasteiger partial charge is 0.464 e. The summed E-state index contributed by atoms with van der Waals surface area (Å²) in [6, 6.07) is 4.22. The third kappa shape index (κ3) is 5.74. The van der Waals surface area contributed by atoms with E-state index in [2.05, 4.69) is 0 Å². The Balaban J connectivity index is 3.02. The normalized spacial score (nSPS) is 14.1. The summed E-state index contributed by atoms with van der Waals surface area (Å²) in [6.45, 7) is 5.96. The van der Waals surface area contributed by atoms with Crippen molar-refractivity contribution >= 4 is 38.5 Å². The molecule has 0 aliphatic carbocycles. The highest BCUT2D eigenvalue weighted by atomic mass is 127. The Bertz CT molecular complexity index is 741. The second kappa shape index (κ2) is 7.70. The fourth-order valence-corrected chi connectivity index (χ4v) is 2.99. The fraction of sp³-hybridized carbons (Fsp3) is 0.533. The van der Waals surface area contributed by atoms with E-state index in [1.54, 1.807) is 22.6 Å². The van der Waals surface area contributed by atoms with E-state index in [1.165, 1.54) is 30.0 Å². The summed E-state index contributed by atoms with van der Waals surface area (Å²) in [5.74, 6) is -0.747. The lowest BCUT2D eigenvalue weighted by Crippen LogP contribution is -2.41. The minimum Gasteiger partial charge on any atom is -0.464 e. The molecule has 0 radical (unpaired) electrons. The molecule has 0 fully saturated rings. The Labute approximate surface area is 159 Å². The van der Waals surface area contributed by atoms with Crippen LogP contribution in [0.5, 0.6) is 5.75 Å². The molecule has 0 bridgehead atoms. The second-order valence-electron chi connectivity index (χ2n) is 6.44. The molecular formula is C15H20F2INO5S. The van der Waals surface area contributed by atoms with Crippen molar-refractivity contribution in [2.24, 2.45) is 5.41 Å². The molecule has 25 heavy (non-hydrogen) atoms. The monoisotopic (exact) mass is 491 g/mol. The molecule has 1 unspecified atom stereocenters. The summed E-state index contributed by atoms with van der Waals surface area (Å²) >= 11 is 1.79. The Hall–Kier alpha value is -1.01. The number of carbonyl (C=O) groups excluding carboxylic acids is 1. The van der Waals surface area contributed by atoms with Gasteiger partial charge in [-0.15, -0.1) is 0 Å². The van der Waals surface area contributed by atoms with Crippen LogP contribution >= 0.6 is 22.6 Å². The third-order valence-corrected chi connectivity index (χ3v) is 5.34. The molecule has 0 heterocycles. The first-order valence-corrected chi connectivity index (χ1v) is 9.69. The van der Waals surface area contributed by atoms with Gasteiger partial charge in [0.2, 0.25) is 6.29 Å². The quantitative estimate of drug-likeness (QED) is 0.488. The zero-order valence-electron chi connectivity index (χ0n) is 14.4. The standard InChI is InChI=1S/C15H20F2INO5S/c1-14(2,3)13(23-5)24-9-6-7-10(11(18)8-9)12(20)19-25(21,22)15(4,16)17/h6-8,13H,1-5H3,(H,19,20). The van der Waals surface area contributed by atoms with Gasteiger partial charge in [-0.3, -0.25) is 4.79 Å². The Morgan fingerprint density at radius 3 is 2.20 bits per heavy atom. The van der Waals surface area contributed by atoms with Gasteiger partial charge in [0.25, 0.3) is 5.91 Å². The van der Waals surface area contributed by atoms with Crippen molar-refractivity contribution in [2.45, 2.75) is 39.2 Å². The minimum atomic E-state index is -5.10. The molecular weight excluding hydrogens is 471 g/mol. The summed E-state index contributed by atoms with van der Waals surface area (Å²) in [5.41, 5.74) is -0.373. The van der Waals surface area contributed by atoms with E-state index in [-0.39, 0.29) is 17.9 Å². The van der Waals surface area contributed by atoms with Crippen molar-refractivity contribution in [3.05, 3.63) is 27.3 Å². The molecule has 142 valence electrons. The van der Waals surface area contributed by atoms with Crippen molar-refractivity contribution in [1.82, 2.24) is 4.72 Å². The van der Waals surface area contributed by atoms with Crippen LogP contribution in [0.15, 0.2) is 18.2 Å². The number of nitrogens with one attached hydrogen (secondary N) is 1. The van der Waals surface area contributed by atoms with Crippen LogP contribution < -0.4 is 9.46 Å². The van der Waals surface area contributed by atoms with Crippen LogP contribution in [-0.2, 0) is 14.8 Å². The van der Waals surface area contributed by atoms with E-state index in [1.807, 2.05) is 20.8 Å². The molecule has 1 aromatic rings. The lowest BCUT2D eigenvalue weighted by molar-refractivity contribution is -0.120. The number of rotatable bonds is 6. The number of methoxy groups -OCH3 is 1. The van der Waals surface area contributed by atoms with E-state index >= 15 is 0 Å². The Kier molecular flexibility index (Phi) is 6.79. The van der Waals surface area contributed by atoms with E-state index in [4.69, 9.17) is 9.47 Å². The van der Waals surface area contributed by atoms with Gasteiger partial charge in [0.15, 0.2) is 0 Å². The molecule has 0 aliphatic heterocycles. The fourth-order valence-electron chi connectivity index (χ4n) is 1.72. The summed E-state index contributed by atoms with van der Waals surface area (Å²) in [4.78, 5) is 12.0. The van der Waals surface area contributed by atoms with Gasteiger partial charge in [0, 0.05) is 23.0 Å². The molecule has 0 aliphatic rings. The maximum absolute atomic E-state index is 13.0. The molecule has 0 saturated heterocycles. The van der Waals surface area contributed by atoms with Crippen LogP contribution in [0, 0.1) is 8.99 Å². The van der Waals surface area contributed by atoms with Crippen molar-refractivity contribution in [2.75, 3.05) is 7.11 Å². The SMILES string of the molecule is COC(Oc1ccc(C(=O)NS(=O)(=O)C(C)(F)F)c(I)c1)C(C)(C)C. The molecule has 0 saturated carbocycles. The van der Waals surface area contributed by atoms with Gasteiger partial charge in [-0.2, -0.15) is 8.78 Å². The molecule has 1 atom stereocenters. The maximum Gasteiger partial charge on any atom is 0.361 e. The number of carbonyl (C=O) groups is 1. The number of halogens is 3. The summed E-state index contributed by atoms with van der Waals surface area (Å²) < 4.78 is 61.4. The van der Waals surface area contributed by atoms with Gasteiger partial charge in [0.1, 0.15) is 5.75 Å². The topological polar surface area (TPSA) is 81.7 Å². The number of hydrogen-bond donors (Lipinski definition) is 1. The number of amides is 1. The van der Waals surface area contributed by atoms with E-state index in [9.17, 15) is 22.0 Å². The van der Waals surface area contributed by atoms with E-state index < -0.39 is 27.5 Å². The number of ether oxygens (including phenoxy) is 2. The molecule has 1 amide bonds. The average Bonchev–Trinajstić information content (AvgIpc) is 2.41. The molecule has 1 aromatic carbocycles. The van der Waals surface area contributed by atoms with Crippen LogP contribution in [-0.4, -0.2) is 33.0 Å². The Morgan fingerprint density at radius 1 is 1.24 bits per heavy atom. The van der Waals surface area contributed by atoms with Crippen LogP contribution in [0.4, 0.5) is 8.78 Å². The van der Waals surface area contributed by atoms with Crippen LogP contribution in [0.1, 0.15) is 38.1 Å². The maximum atomic E-state index is 13.0. The minimum absolute atomic E-state index is 0.0644. The van der Waals surface area contributed by atoms with Crippen LogP contribution in [0.25, 0.3) is 0 Å². The van der Waals surface area contributed by atoms with Crippen LogP contribution in [0.2, 0.25) is 0 Å². The van der Waals surface area contributed by atoms with Gasteiger partial charge in [-0.1, -0.05) is 20.8 Å². The molecule has 0 spiro atoms. The molecule has 10 heteroatoms. The zero-order chi connectivity index (χ0) is 19.6. The van der Waals surface area contributed by atoms with Gasteiger partial charge in [-0.25, -0.2) is 13.1 Å². The number of benzene rings is 1. The predicted octanol–water partition coefficient (Wildman–Crippen LogP) is 3.36. The smallest absolute Gasteiger partial charge is 0.361 e. The second-order valence-corrected chi connectivity index (χ2v) is 9.53. The van der Waals surface area contributed by atoms with E-state index in [0.717, 1.165) is 0 Å². The number of hydrogen-bond acceptors (Lipinski definition) is 5. The molecule has 6 nitrogen and oxygen atoms in total. The lowest BCUT2D eigenvalue weighted by atomic mass is 9.96. The van der Waals surface area contributed by atoms with Gasteiger partial charge in [0.05, 0.1) is 5.56 Å². The zero-order valence-corrected chi connectivity index (χ0v) is 17.4. The molecule has 1 rings (SSSR count). The molecule has 0 aromatic heterocycles. The van der Waals surface area contributed by atoms with Crippen molar-refractivity contribution in [1.29, 1.82) is 0 Å². The highest BCUT2D eigenvalue weighted by Gasteiger charge is 2.41. The Morgan fingerprint density at radius 2 is 1.80 bits per heavy atom. The van der Waals surface area contributed by atoms with Gasteiger partial charge in [-0.05, 0) is 40.8 Å². The average molecular weight is 491 g/mol. The summed E-state index contributed by atoms with van der Waals surface area (Å²) in [6.07, 6.45) is -0.554. The van der Waals surface area contributed by atoms with Gasteiger partial charge >= 0.3 is 15.3 Å². The third-order valence-electron chi connectivity index (χ3n) is 3.05. The first-order chi connectivity index (χ1) is 11.2. The van der Waals surface area contributed by atoms with Crippen molar-refractivity contribution in [3.8, 4) is 5.75 Å². The highest BCUT2D eigenvalue weighted by molar-refractivity contribution is 14.1. The number of alkyl halides is 2.